The summed E-state index contributed by atoms with van der Waals surface area (Å²) in [4.78, 5) is 0. The van der Waals surface area contributed by atoms with Gasteiger partial charge in [-0.1, -0.05) is 25.0 Å². The highest BCUT2D eigenvalue weighted by Gasteiger charge is 2.01. The summed E-state index contributed by atoms with van der Waals surface area (Å²) < 4.78 is 0. The lowest BCUT2D eigenvalue weighted by Crippen LogP contribution is -2.03. The highest BCUT2D eigenvalue weighted by molar-refractivity contribution is 4.85. The summed E-state index contributed by atoms with van der Waals surface area (Å²) in [5.74, 6) is 0. The molecule has 0 saturated carbocycles. The van der Waals surface area contributed by atoms with E-state index in [0.717, 1.165) is 12.8 Å². The van der Waals surface area contributed by atoms with Crippen LogP contribution in [0.15, 0.2) is 12.2 Å². The van der Waals surface area contributed by atoms with Crippen molar-refractivity contribution >= 4 is 0 Å². The average Bonchev–Trinajstić information content (AvgIpc) is 2.02. The molecule has 10 heavy (non-hydrogen) atoms. The molecule has 0 radical (unpaired) electrons. The molecule has 1 aliphatic rings. The average molecular weight is 140 g/mol. The summed E-state index contributed by atoms with van der Waals surface area (Å²) in [6, 6.07) is 0. The first-order valence-corrected chi connectivity index (χ1v) is 4.22. The second-order valence-corrected chi connectivity index (χ2v) is 3.00. The second kappa shape index (κ2) is 4.51. The maximum atomic E-state index is 9.29. The number of hydrogen-bond donors (Lipinski definition) is 1. The second-order valence-electron chi connectivity index (χ2n) is 3.00. The molecular weight excluding hydrogens is 124 g/mol. The Balaban J connectivity index is 2.26. The molecule has 0 aliphatic heterocycles. The van der Waals surface area contributed by atoms with E-state index in [2.05, 4.69) is 12.2 Å². The van der Waals surface area contributed by atoms with E-state index in [9.17, 15) is 5.11 Å². The molecule has 0 amide bonds. The third kappa shape index (κ3) is 3.02. The molecule has 0 bridgehead atoms. The monoisotopic (exact) mass is 140 g/mol. The molecule has 1 aliphatic carbocycles. The summed E-state index contributed by atoms with van der Waals surface area (Å²) >= 11 is 0. The zero-order valence-corrected chi connectivity index (χ0v) is 6.42. The van der Waals surface area contributed by atoms with E-state index in [-0.39, 0.29) is 6.10 Å². The Morgan fingerprint density at radius 3 is 2.90 bits per heavy atom. The molecule has 0 heterocycles. The van der Waals surface area contributed by atoms with Crippen LogP contribution < -0.4 is 0 Å². The van der Waals surface area contributed by atoms with Crippen molar-refractivity contribution in [1.82, 2.24) is 0 Å². The van der Waals surface area contributed by atoms with Crippen molar-refractivity contribution in [1.29, 1.82) is 0 Å². The number of rotatable bonds is 0. The molecule has 1 atom stereocenters. The van der Waals surface area contributed by atoms with Crippen molar-refractivity contribution < 1.29 is 5.11 Å². The minimum absolute atomic E-state index is 0.0747. The molecule has 58 valence electrons. The Morgan fingerprint density at radius 1 is 1.10 bits per heavy atom. The normalized spacial score (nSPS) is 31.9. The lowest BCUT2D eigenvalue weighted by molar-refractivity contribution is 0.164. The van der Waals surface area contributed by atoms with Gasteiger partial charge in [-0.05, 0) is 25.7 Å². The van der Waals surface area contributed by atoms with E-state index in [0.29, 0.717) is 0 Å². The molecule has 0 saturated heterocycles. The van der Waals surface area contributed by atoms with E-state index in [1.54, 1.807) is 0 Å². The number of hydrogen-bond acceptors (Lipinski definition) is 1. The Hall–Kier alpha value is -0.300. The lowest BCUT2D eigenvalue weighted by atomic mass is 10.1. The number of aliphatic hydroxyl groups excluding tert-OH is 1. The third-order valence-corrected chi connectivity index (χ3v) is 1.98. The summed E-state index contributed by atoms with van der Waals surface area (Å²) in [5.41, 5.74) is 0. The van der Waals surface area contributed by atoms with Gasteiger partial charge >= 0.3 is 0 Å². The van der Waals surface area contributed by atoms with E-state index >= 15 is 0 Å². The summed E-state index contributed by atoms with van der Waals surface area (Å²) in [7, 11) is 0. The van der Waals surface area contributed by atoms with Crippen LogP contribution in [-0.2, 0) is 0 Å². The van der Waals surface area contributed by atoms with E-state index in [1.807, 2.05) is 0 Å². The van der Waals surface area contributed by atoms with Gasteiger partial charge in [-0.3, -0.25) is 0 Å². The SMILES string of the molecule is O[C@@H]1C/C=C\CCCCC1. The predicted octanol–water partition coefficient (Wildman–Crippen LogP) is 2.26. The number of aliphatic hydroxyl groups is 1. The minimum atomic E-state index is -0.0747. The van der Waals surface area contributed by atoms with Crippen LogP contribution in [0.3, 0.4) is 0 Å². The van der Waals surface area contributed by atoms with Gasteiger partial charge in [-0.25, -0.2) is 0 Å². The fourth-order valence-corrected chi connectivity index (χ4v) is 1.31. The summed E-state index contributed by atoms with van der Waals surface area (Å²) in [6.45, 7) is 0. The topological polar surface area (TPSA) is 20.2 Å². The number of allylic oxidation sites excluding steroid dienone is 1. The molecule has 1 heteroatoms. The van der Waals surface area contributed by atoms with Crippen LogP contribution in [0.4, 0.5) is 0 Å². The van der Waals surface area contributed by atoms with Crippen LogP contribution in [0.1, 0.15) is 38.5 Å². The zero-order valence-electron chi connectivity index (χ0n) is 6.42. The highest BCUT2D eigenvalue weighted by Crippen LogP contribution is 2.11. The van der Waals surface area contributed by atoms with Crippen LogP contribution in [0.5, 0.6) is 0 Å². The molecule has 1 rings (SSSR count). The van der Waals surface area contributed by atoms with E-state index < -0.39 is 0 Å². The van der Waals surface area contributed by atoms with Crippen LogP contribution in [0, 0.1) is 0 Å². The van der Waals surface area contributed by atoms with Crippen LogP contribution in [-0.4, -0.2) is 11.2 Å². The fourth-order valence-electron chi connectivity index (χ4n) is 1.31. The maximum Gasteiger partial charge on any atom is 0.0574 e. The van der Waals surface area contributed by atoms with Gasteiger partial charge in [0.05, 0.1) is 6.10 Å². The van der Waals surface area contributed by atoms with Gasteiger partial charge in [0.1, 0.15) is 0 Å². The van der Waals surface area contributed by atoms with Gasteiger partial charge < -0.3 is 5.11 Å². The van der Waals surface area contributed by atoms with Gasteiger partial charge in [-0.2, -0.15) is 0 Å². The van der Waals surface area contributed by atoms with Crippen LogP contribution >= 0.6 is 0 Å². The van der Waals surface area contributed by atoms with E-state index in [4.69, 9.17) is 0 Å². The highest BCUT2D eigenvalue weighted by atomic mass is 16.3. The fraction of sp³-hybridized carbons (Fsp3) is 0.778. The predicted molar refractivity (Wildman–Crippen MR) is 42.8 cm³/mol. The first-order chi connectivity index (χ1) is 4.89. The summed E-state index contributed by atoms with van der Waals surface area (Å²) in [5, 5.41) is 9.29. The quantitative estimate of drug-likeness (QED) is 0.512. The Kier molecular flexibility index (Phi) is 3.52. The molecule has 1 N–H and O–H groups in total. The Bertz CT molecular complexity index is 107. The molecule has 0 aromatic heterocycles. The maximum absolute atomic E-state index is 9.29. The summed E-state index contributed by atoms with van der Waals surface area (Å²) in [6.07, 6.45) is 11.0. The van der Waals surface area contributed by atoms with Gasteiger partial charge in [-0.15, -0.1) is 0 Å². The van der Waals surface area contributed by atoms with Gasteiger partial charge in [0.15, 0.2) is 0 Å². The molecule has 1 nitrogen and oxygen atoms in total. The zero-order chi connectivity index (χ0) is 7.23. The van der Waals surface area contributed by atoms with Crippen molar-refractivity contribution in [2.45, 2.75) is 44.6 Å². The van der Waals surface area contributed by atoms with Crippen molar-refractivity contribution in [3.8, 4) is 0 Å². The lowest BCUT2D eigenvalue weighted by Gasteiger charge is -2.04. The van der Waals surface area contributed by atoms with Gasteiger partial charge in [0.25, 0.3) is 0 Å². The molecule has 0 unspecified atom stereocenters. The smallest absolute Gasteiger partial charge is 0.0574 e. The molecule has 0 spiro atoms. The van der Waals surface area contributed by atoms with Crippen molar-refractivity contribution in [3.05, 3.63) is 12.2 Å². The van der Waals surface area contributed by atoms with Crippen LogP contribution in [0.2, 0.25) is 0 Å². The van der Waals surface area contributed by atoms with Crippen molar-refractivity contribution in [2.24, 2.45) is 0 Å². The van der Waals surface area contributed by atoms with Gasteiger partial charge in [0, 0.05) is 0 Å². The molecule has 0 aromatic carbocycles. The Morgan fingerprint density at radius 2 is 2.00 bits per heavy atom. The largest absolute Gasteiger partial charge is 0.393 e. The standard InChI is InChI=1S/C9H16O/c10-9-7-5-3-1-2-4-6-8-9/h3,5,9-10H,1-2,4,6-8H2/b5-3-/t9-/m1/s1. The first kappa shape index (κ1) is 7.80. The molecule has 0 fully saturated rings. The van der Waals surface area contributed by atoms with Crippen molar-refractivity contribution in [2.75, 3.05) is 0 Å². The van der Waals surface area contributed by atoms with Gasteiger partial charge in [0.2, 0.25) is 0 Å². The van der Waals surface area contributed by atoms with E-state index in [1.165, 1.54) is 25.7 Å². The molecular formula is C9H16O. The van der Waals surface area contributed by atoms with Crippen LogP contribution in [0.25, 0.3) is 0 Å². The molecule has 0 aromatic rings. The third-order valence-electron chi connectivity index (χ3n) is 1.98. The Labute approximate surface area is 62.8 Å². The van der Waals surface area contributed by atoms with Crippen molar-refractivity contribution in [3.63, 3.8) is 0 Å². The minimum Gasteiger partial charge on any atom is -0.393 e. The first-order valence-electron chi connectivity index (χ1n) is 4.22.